The third kappa shape index (κ3) is 5.29. The first-order chi connectivity index (χ1) is 30.3. The van der Waals surface area contributed by atoms with Gasteiger partial charge in [-0.05, 0) is 116 Å². The second-order valence-corrected chi connectivity index (χ2v) is 18.1. The molecule has 0 aliphatic heterocycles. The summed E-state index contributed by atoms with van der Waals surface area (Å²) in [5, 5.41) is 2.55. The third-order valence-corrected chi connectivity index (χ3v) is 14.0. The number of para-hydroxylation sites is 3. The molecule has 0 atom stereocenters. The second-order valence-electron chi connectivity index (χ2n) is 18.1. The molecule has 296 valence electrons. The quantitative estimate of drug-likeness (QED) is 0.163. The van der Waals surface area contributed by atoms with E-state index in [2.05, 4.69) is 243 Å². The Morgan fingerprint density at radius 3 is 1.48 bits per heavy atom. The molecule has 1 aromatic heterocycles. The Labute approximate surface area is 364 Å². The summed E-state index contributed by atoms with van der Waals surface area (Å²) >= 11 is 0. The average molecular weight is 795 g/mol. The molecule has 2 heteroatoms. The Kier molecular flexibility index (Phi) is 7.96. The van der Waals surface area contributed by atoms with Crippen molar-refractivity contribution in [3.8, 4) is 50.2 Å². The molecule has 0 amide bonds. The van der Waals surface area contributed by atoms with Crippen LogP contribution in [0, 0.1) is 0 Å². The van der Waals surface area contributed by atoms with E-state index in [1.807, 2.05) is 0 Å². The molecule has 9 aromatic carbocycles. The van der Waals surface area contributed by atoms with Gasteiger partial charge in [0.15, 0.2) is 0 Å². The van der Waals surface area contributed by atoms with Gasteiger partial charge in [0.2, 0.25) is 0 Å². The molecule has 2 aliphatic carbocycles. The summed E-state index contributed by atoms with van der Waals surface area (Å²) in [6.45, 7) is 9.51. The number of rotatable bonds is 6. The zero-order valence-corrected chi connectivity index (χ0v) is 35.5. The first-order valence-corrected chi connectivity index (χ1v) is 21.9. The predicted molar refractivity (Wildman–Crippen MR) is 261 cm³/mol. The van der Waals surface area contributed by atoms with Gasteiger partial charge in [-0.1, -0.05) is 179 Å². The van der Waals surface area contributed by atoms with E-state index < -0.39 is 0 Å². The minimum atomic E-state index is -0.150. The van der Waals surface area contributed by atoms with Crippen molar-refractivity contribution >= 4 is 38.9 Å². The standard InChI is InChI=1S/C60H46N2/c1-59(2)52-23-10-5-16-44(52)46-37-36-43(38-54(46)59)61(55-25-12-9-20-49(55)51-22-15-21-50-45-17-6-11-24-53(45)60(3,4)58(50)51)41-32-28-39(29-33-41)40-30-34-42(35-31-40)62-56-26-13-7-18-47(56)48-19-8-14-27-57(48)62/h5-38H,1-4H3. The number of hydrogen-bond acceptors (Lipinski definition) is 1. The van der Waals surface area contributed by atoms with Crippen LogP contribution in [0.1, 0.15) is 49.9 Å². The first-order valence-electron chi connectivity index (χ1n) is 21.9. The Morgan fingerprint density at radius 1 is 0.355 bits per heavy atom. The van der Waals surface area contributed by atoms with Crippen LogP contribution in [0.4, 0.5) is 17.1 Å². The highest BCUT2D eigenvalue weighted by molar-refractivity contribution is 6.09. The molecule has 0 saturated heterocycles. The van der Waals surface area contributed by atoms with Crippen LogP contribution in [0.25, 0.3) is 72.0 Å². The maximum Gasteiger partial charge on any atom is 0.0541 e. The third-order valence-electron chi connectivity index (χ3n) is 14.0. The highest BCUT2D eigenvalue weighted by Crippen LogP contribution is 2.55. The maximum absolute atomic E-state index is 2.48. The largest absolute Gasteiger partial charge is 0.310 e. The lowest BCUT2D eigenvalue weighted by Crippen LogP contribution is -2.18. The van der Waals surface area contributed by atoms with Crippen LogP contribution < -0.4 is 4.90 Å². The highest BCUT2D eigenvalue weighted by atomic mass is 15.1. The molecule has 0 radical (unpaired) electrons. The molecule has 12 rings (SSSR count). The van der Waals surface area contributed by atoms with E-state index in [0.29, 0.717) is 0 Å². The molecule has 0 unspecified atom stereocenters. The molecule has 62 heavy (non-hydrogen) atoms. The summed E-state index contributed by atoms with van der Waals surface area (Å²) in [6.07, 6.45) is 0. The molecule has 0 N–H and O–H groups in total. The van der Waals surface area contributed by atoms with Crippen LogP contribution in [0.15, 0.2) is 206 Å². The van der Waals surface area contributed by atoms with Crippen molar-refractivity contribution in [3.63, 3.8) is 0 Å². The van der Waals surface area contributed by atoms with Crippen LogP contribution in [0.3, 0.4) is 0 Å². The van der Waals surface area contributed by atoms with Crippen LogP contribution in [-0.4, -0.2) is 4.57 Å². The Balaban J connectivity index is 0.987. The topological polar surface area (TPSA) is 8.17 Å². The van der Waals surface area contributed by atoms with Crippen molar-refractivity contribution in [2.24, 2.45) is 0 Å². The number of anilines is 3. The average Bonchev–Trinajstić information content (AvgIpc) is 3.87. The minimum absolute atomic E-state index is 0.127. The van der Waals surface area contributed by atoms with Crippen LogP contribution >= 0.6 is 0 Å². The highest BCUT2D eigenvalue weighted by Gasteiger charge is 2.39. The van der Waals surface area contributed by atoms with E-state index >= 15 is 0 Å². The maximum atomic E-state index is 2.48. The van der Waals surface area contributed by atoms with Crippen molar-refractivity contribution in [2.45, 2.75) is 38.5 Å². The lowest BCUT2D eigenvalue weighted by atomic mass is 9.78. The monoisotopic (exact) mass is 794 g/mol. The van der Waals surface area contributed by atoms with Gasteiger partial charge in [-0.2, -0.15) is 0 Å². The Morgan fingerprint density at radius 2 is 0.823 bits per heavy atom. The van der Waals surface area contributed by atoms with E-state index in [1.165, 1.54) is 88.6 Å². The molecule has 0 saturated carbocycles. The van der Waals surface area contributed by atoms with Gasteiger partial charge >= 0.3 is 0 Å². The first kappa shape index (κ1) is 36.4. The van der Waals surface area contributed by atoms with Crippen molar-refractivity contribution < 1.29 is 0 Å². The lowest BCUT2D eigenvalue weighted by molar-refractivity contribution is 0.660. The number of aromatic nitrogens is 1. The summed E-state index contributed by atoms with van der Waals surface area (Å²) in [5.74, 6) is 0. The van der Waals surface area contributed by atoms with Crippen molar-refractivity contribution in [1.82, 2.24) is 4.57 Å². The van der Waals surface area contributed by atoms with Crippen LogP contribution in [0.2, 0.25) is 0 Å². The van der Waals surface area contributed by atoms with E-state index in [0.717, 1.165) is 22.7 Å². The van der Waals surface area contributed by atoms with Crippen molar-refractivity contribution in [3.05, 3.63) is 229 Å². The van der Waals surface area contributed by atoms with Crippen LogP contribution in [0.5, 0.6) is 0 Å². The van der Waals surface area contributed by atoms with Gasteiger partial charge in [0.05, 0.1) is 16.7 Å². The van der Waals surface area contributed by atoms with Gasteiger partial charge in [-0.15, -0.1) is 0 Å². The smallest absolute Gasteiger partial charge is 0.0541 e. The second kappa shape index (κ2) is 13.5. The van der Waals surface area contributed by atoms with Gasteiger partial charge in [0, 0.05) is 44.2 Å². The zero-order valence-electron chi connectivity index (χ0n) is 35.5. The molecular weight excluding hydrogens is 749 g/mol. The van der Waals surface area contributed by atoms with Crippen LogP contribution in [-0.2, 0) is 10.8 Å². The molecule has 0 fully saturated rings. The van der Waals surface area contributed by atoms with Gasteiger partial charge in [-0.3, -0.25) is 0 Å². The van der Waals surface area contributed by atoms with Crippen molar-refractivity contribution in [1.29, 1.82) is 0 Å². The molecule has 2 nitrogen and oxygen atoms in total. The van der Waals surface area contributed by atoms with E-state index in [1.54, 1.807) is 0 Å². The molecule has 10 aromatic rings. The molecule has 0 bridgehead atoms. The minimum Gasteiger partial charge on any atom is -0.310 e. The number of hydrogen-bond donors (Lipinski definition) is 0. The number of benzene rings is 9. The lowest BCUT2D eigenvalue weighted by Gasteiger charge is -2.31. The van der Waals surface area contributed by atoms with Gasteiger partial charge in [-0.25, -0.2) is 0 Å². The summed E-state index contributed by atoms with van der Waals surface area (Å²) < 4.78 is 2.38. The molecule has 0 spiro atoms. The fourth-order valence-corrected chi connectivity index (χ4v) is 11.0. The molecular formula is C60H46N2. The van der Waals surface area contributed by atoms with Gasteiger partial charge in [0.1, 0.15) is 0 Å². The summed E-state index contributed by atoms with van der Waals surface area (Å²) in [4.78, 5) is 2.48. The normalized spacial score (nSPS) is 14.1. The SMILES string of the molecule is CC1(C)c2ccccc2-c2ccc(N(c3ccc(-c4ccc(-n5c6ccccc6c6ccccc65)cc4)cc3)c3ccccc3-c3cccc4c3C(C)(C)c3ccccc3-4)cc21. The number of fused-ring (bicyclic) bond motifs is 9. The Bertz CT molecular complexity index is 3340. The van der Waals surface area contributed by atoms with Gasteiger partial charge < -0.3 is 9.47 Å². The zero-order chi connectivity index (χ0) is 41.7. The fourth-order valence-electron chi connectivity index (χ4n) is 11.0. The van der Waals surface area contributed by atoms with Gasteiger partial charge in [0.25, 0.3) is 0 Å². The predicted octanol–water partition coefficient (Wildman–Crippen LogP) is 16.2. The summed E-state index contributed by atoms with van der Waals surface area (Å²) in [5.41, 5.74) is 22.4. The fraction of sp³-hybridized carbons (Fsp3) is 0.100. The van der Waals surface area contributed by atoms with E-state index in [9.17, 15) is 0 Å². The van der Waals surface area contributed by atoms with Crippen molar-refractivity contribution in [2.75, 3.05) is 4.90 Å². The summed E-state index contributed by atoms with van der Waals surface area (Å²) in [6, 6.07) is 76.5. The van der Waals surface area contributed by atoms with E-state index in [-0.39, 0.29) is 10.8 Å². The molecule has 2 aliphatic rings. The Hall–Kier alpha value is -7.42. The summed E-state index contributed by atoms with van der Waals surface area (Å²) in [7, 11) is 0. The molecule has 1 heterocycles. The number of nitrogens with zero attached hydrogens (tertiary/aromatic N) is 2. The van der Waals surface area contributed by atoms with E-state index in [4.69, 9.17) is 0 Å².